The predicted molar refractivity (Wildman–Crippen MR) is 80.6 cm³/mol. The van der Waals surface area contributed by atoms with Crippen LogP contribution in [0.25, 0.3) is 0 Å². The largest absolute Gasteiger partial charge is 0.497 e. The molecule has 0 atom stereocenters. The standard InChI is InChI=1S/C12H18N6O3/c1-20-6-10(19)16-8-4-3-7(21-2)5-9(8)17-12(15)18-11(13)14/h3-5H,6H2,1-2H3,(H,16,19)(H6,13,14,15,17,18). The lowest BCUT2D eigenvalue weighted by atomic mass is 10.2. The van der Waals surface area contributed by atoms with E-state index in [2.05, 4.69) is 15.3 Å². The van der Waals surface area contributed by atoms with Gasteiger partial charge in [-0.05, 0) is 12.1 Å². The van der Waals surface area contributed by atoms with E-state index in [0.29, 0.717) is 17.1 Å². The van der Waals surface area contributed by atoms with Crippen molar-refractivity contribution < 1.29 is 14.3 Å². The van der Waals surface area contributed by atoms with Crippen molar-refractivity contribution in [1.29, 1.82) is 0 Å². The molecule has 1 aromatic rings. The van der Waals surface area contributed by atoms with Crippen LogP contribution >= 0.6 is 0 Å². The predicted octanol–water partition coefficient (Wildman–Crippen LogP) is -0.500. The first-order valence-corrected chi connectivity index (χ1v) is 5.87. The van der Waals surface area contributed by atoms with Gasteiger partial charge >= 0.3 is 0 Å². The average molecular weight is 294 g/mol. The molecule has 0 saturated heterocycles. The highest BCUT2D eigenvalue weighted by atomic mass is 16.5. The average Bonchev–Trinajstić information content (AvgIpc) is 2.40. The van der Waals surface area contributed by atoms with Crippen LogP contribution in [0, 0.1) is 0 Å². The molecule has 0 radical (unpaired) electrons. The number of aliphatic imine (C=N–C) groups is 2. The molecule has 7 N–H and O–H groups in total. The number of carbonyl (C=O) groups is 1. The minimum absolute atomic E-state index is 0.0848. The van der Waals surface area contributed by atoms with E-state index in [1.165, 1.54) is 14.2 Å². The number of nitrogens with two attached hydrogens (primary N) is 3. The highest BCUT2D eigenvalue weighted by molar-refractivity contribution is 5.97. The number of amides is 1. The molecule has 0 unspecified atom stereocenters. The Morgan fingerprint density at radius 3 is 2.57 bits per heavy atom. The molecule has 0 aromatic heterocycles. The zero-order chi connectivity index (χ0) is 15.8. The van der Waals surface area contributed by atoms with Crippen molar-refractivity contribution in [2.24, 2.45) is 27.2 Å². The lowest BCUT2D eigenvalue weighted by Crippen LogP contribution is -2.26. The Balaban J connectivity index is 3.13. The van der Waals surface area contributed by atoms with Crippen molar-refractivity contribution in [1.82, 2.24) is 0 Å². The van der Waals surface area contributed by atoms with Crippen molar-refractivity contribution in [2.75, 3.05) is 26.1 Å². The van der Waals surface area contributed by atoms with Gasteiger partial charge in [0.1, 0.15) is 12.4 Å². The maximum Gasteiger partial charge on any atom is 0.250 e. The number of nitrogens with zero attached hydrogens (tertiary/aromatic N) is 2. The van der Waals surface area contributed by atoms with Gasteiger partial charge in [-0.3, -0.25) is 4.79 Å². The molecule has 0 aliphatic heterocycles. The van der Waals surface area contributed by atoms with Crippen molar-refractivity contribution in [3.8, 4) is 5.75 Å². The normalized spacial score (nSPS) is 10.9. The van der Waals surface area contributed by atoms with Gasteiger partial charge in [0.25, 0.3) is 0 Å². The second-order valence-electron chi connectivity index (χ2n) is 3.87. The van der Waals surface area contributed by atoms with Crippen LogP contribution in [0.5, 0.6) is 5.75 Å². The maximum atomic E-state index is 11.6. The summed E-state index contributed by atoms with van der Waals surface area (Å²) in [5.41, 5.74) is 16.8. The number of nitrogens with one attached hydrogen (secondary N) is 1. The highest BCUT2D eigenvalue weighted by Gasteiger charge is 2.08. The number of carbonyl (C=O) groups excluding carboxylic acids is 1. The Morgan fingerprint density at radius 2 is 2.00 bits per heavy atom. The summed E-state index contributed by atoms with van der Waals surface area (Å²) < 4.78 is 9.83. The highest BCUT2D eigenvalue weighted by Crippen LogP contribution is 2.29. The van der Waals surface area contributed by atoms with E-state index < -0.39 is 0 Å². The Kier molecular flexibility index (Phi) is 5.96. The summed E-state index contributed by atoms with van der Waals surface area (Å²) in [6.45, 7) is -0.0848. The van der Waals surface area contributed by atoms with Crippen molar-refractivity contribution in [2.45, 2.75) is 0 Å². The Hall–Kier alpha value is -2.81. The molecular formula is C12H18N6O3. The van der Waals surface area contributed by atoms with Gasteiger partial charge in [-0.15, -0.1) is 0 Å². The van der Waals surface area contributed by atoms with Gasteiger partial charge in [0, 0.05) is 13.2 Å². The summed E-state index contributed by atoms with van der Waals surface area (Å²) in [7, 11) is 2.93. The summed E-state index contributed by atoms with van der Waals surface area (Å²) in [5, 5.41) is 2.63. The first kappa shape index (κ1) is 16.2. The molecule has 0 aliphatic carbocycles. The Morgan fingerprint density at radius 1 is 1.29 bits per heavy atom. The van der Waals surface area contributed by atoms with Gasteiger partial charge < -0.3 is 32.0 Å². The molecule has 0 heterocycles. The quantitative estimate of drug-likeness (QED) is 0.424. The summed E-state index contributed by atoms with van der Waals surface area (Å²) in [4.78, 5) is 19.2. The summed E-state index contributed by atoms with van der Waals surface area (Å²) >= 11 is 0. The number of methoxy groups -OCH3 is 2. The first-order valence-electron chi connectivity index (χ1n) is 5.87. The second kappa shape index (κ2) is 7.70. The van der Waals surface area contributed by atoms with Crippen LogP contribution in [0.3, 0.4) is 0 Å². The minimum atomic E-state index is -0.334. The Bertz CT molecular complexity index is 566. The number of rotatable bonds is 5. The molecule has 114 valence electrons. The fraction of sp³-hybridized carbons (Fsp3) is 0.250. The van der Waals surface area contributed by atoms with Crippen LogP contribution in [0.2, 0.25) is 0 Å². The molecule has 9 nitrogen and oxygen atoms in total. The van der Waals surface area contributed by atoms with E-state index in [9.17, 15) is 4.79 Å². The third kappa shape index (κ3) is 5.37. The number of benzene rings is 1. The fourth-order valence-corrected chi connectivity index (χ4v) is 1.43. The SMILES string of the molecule is COCC(=O)Nc1ccc(OC)cc1N=C(N)N=C(N)N. The van der Waals surface area contributed by atoms with E-state index in [-0.39, 0.29) is 24.4 Å². The van der Waals surface area contributed by atoms with Crippen LogP contribution < -0.4 is 27.3 Å². The van der Waals surface area contributed by atoms with Crippen LogP contribution in [0.4, 0.5) is 11.4 Å². The van der Waals surface area contributed by atoms with Crippen LogP contribution in [-0.4, -0.2) is 38.7 Å². The molecule has 1 aromatic carbocycles. The molecule has 1 amide bonds. The van der Waals surface area contributed by atoms with Gasteiger partial charge in [0.05, 0.1) is 18.5 Å². The molecule has 1 rings (SSSR count). The minimum Gasteiger partial charge on any atom is -0.497 e. The third-order valence-electron chi connectivity index (χ3n) is 2.23. The molecular weight excluding hydrogens is 276 g/mol. The van der Waals surface area contributed by atoms with Crippen molar-refractivity contribution >= 4 is 29.2 Å². The fourth-order valence-electron chi connectivity index (χ4n) is 1.43. The summed E-state index contributed by atoms with van der Waals surface area (Å²) in [6, 6.07) is 4.86. The number of guanidine groups is 2. The van der Waals surface area contributed by atoms with Gasteiger partial charge in [0.15, 0.2) is 5.96 Å². The zero-order valence-electron chi connectivity index (χ0n) is 11.8. The van der Waals surface area contributed by atoms with E-state index in [4.69, 9.17) is 26.7 Å². The zero-order valence-corrected chi connectivity index (χ0v) is 11.8. The van der Waals surface area contributed by atoms with Gasteiger partial charge in [-0.25, -0.2) is 4.99 Å². The van der Waals surface area contributed by atoms with E-state index in [1.54, 1.807) is 18.2 Å². The topological polar surface area (TPSA) is 150 Å². The number of hydrogen-bond acceptors (Lipinski definition) is 4. The van der Waals surface area contributed by atoms with Crippen molar-refractivity contribution in [3.05, 3.63) is 18.2 Å². The summed E-state index contributed by atoms with van der Waals surface area (Å²) in [6.07, 6.45) is 0. The molecule has 9 heteroatoms. The van der Waals surface area contributed by atoms with Crippen molar-refractivity contribution in [3.63, 3.8) is 0 Å². The van der Waals surface area contributed by atoms with E-state index in [0.717, 1.165) is 0 Å². The number of anilines is 1. The van der Waals surface area contributed by atoms with Crippen LogP contribution in [-0.2, 0) is 9.53 Å². The van der Waals surface area contributed by atoms with Crippen LogP contribution in [0.1, 0.15) is 0 Å². The lowest BCUT2D eigenvalue weighted by Gasteiger charge is -2.09. The van der Waals surface area contributed by atoms with E-state index >= 15 is 0 Å². The van der Waals surface area contributed by atoms with Gasteiger partial charge in [0.2, 0.25) is 11.9 Å². The van der Waals surface area contributed by atoms with Crippen LogP contribution in [0.15, 0.2) is 28.2 Å². The second-order valence-corrected chi connectivity index (χ2v) is 3.87. The maximum absolute atomic E-state index is 11.6. The monoisotopic (exact) mass is 294 g/mol. The third-order valence-corrected chi connectivity index (χ3v) is 2.23. The molecule has 21 heavy (non-hydrogen) atoms. The molecule has 0 fully saturated rings. The molecule has 0 saturated carbocycles. The first-order chi connectivity index (χ1) is 9.96. The number of ether oxygens (including phenoxy) is 2. The smallest absolute Gasteiger partial charge is 0.250 e. The lowest BCUT2D eigenvalue weighted by molar-refractivity contribution is -0.119. The summed E-state index contributed by atoms with van der Waals surface area (Å²) in [5.74, 6) is -0.162. The van der Waals surface area contributed by atoms with E-state index in [1.807, 2.05) is 0 Å². The Labute approximate surface area is 121 Å². The molecule has 0 bridgehead atoms. The number of hydrogen-bond donors (Lipinski definition) is 4. The van der Waals surface area contributed by atoms with Gasteiger partial charge in [-0.1, -0.05) is 0 Å². The molecule has 0 aliphatic rings. The molecule has 0 spiro atoms. The van der Waals surface area contributed by atoms with Gasteiger partial charge in [-0.2, -0.15) is 4.99 Å².